The van der Waals surface area contributed by atoms with Crippen molar-refractivity contribution in [1.82, 2.24) is 0 Å². The first-order chi connectivity index (χ1) is 6.96. The maximum atomic E-state index is 12.3. The van der Waals surface area contributed by atoms with Gasteiger partial charge < -0.3 is 4.79 Å². The molecule has 0 spiro atoms. The molecule has 1 aromatic carbocycles. The van der Waals surface area contributed by atoms with E-state index in [1.54, 1.807) is 18.2 Å². The number of carbonyl (C=O) groups excluding carboxylic acids is 1. The van der Waals surface area contributed by atoms with E-state index in [0.29, 0.717) is 0 Å². The van der Waals surface area contributed by atoms with E-state index in [1.807, 2.05) is 0 Å². The molecule has 0 amide bonds. The van der Waals surface area contributed by atoms with Crippen molar-refractivity contribution in [2.45, 2.75) is 17.5 Å². The van der Waals surface area contributed by atoms with E-state index in [4.69, 9.17) is 11.6 Å². The Morgan fingerprint density at radius 3 is 2.13 bits per heavy atom. The van der Waals surface area contributed by atoms with E-state index >= 15 is 0 Å². The van der Waals surface area contributed by atoms with Crippen LogP contribution in [0.4, 0.5) is 13.2 Å². The summed E-state index contributed by atoms with van der Waals surface area (Å²) in [5.74, 6) is -1.35. The third-order valence-electron chi connectivity index (χ3n) is 1.96. The van der Waals surface area contributed by atoms with Crippen LogP contribution < -0.4 is 0 Å². The van der Waals surface area contributed by atoms with E-state index in [0.717, 1.165) is 0 Å². The second-order valence-electron chi connectivity index (χ2n) is 3.02. The van der Waals surface area contributed by atoms with Crippen molar-refractivity contribution in [3.05, 3.63) is 35.9 Å². The summed E-state index contributed by atoms with van der Waals surface area (Å²) in [5, 5.41) is -2.18. The monoisotopic (exact) mass is 236 g/mol. The van der Waals surface area contributed by atoms with Gasteiger partial charge in [0.25, 0.3) is 0 Å². The van der Waals surface area contributed by atoms with Crippen LogP contribution in [-0.4, -0.2) is 17.8 Å². The van der Waals surface area contributed by atoms with Crippen LogP contribution >= 0.6 is 11.6 Å². The summed E-state index contributed by atoms with van der Waals surface area (Å²) in [6.45, 7) is 0. The zero-order chi connectivity index (χ0) is 11.5. The molecule has 0 fully saturated rings. The number of benzene rings is 1. The van der Waals surface area contributed by atoms with Gasteiger partial charge in [-0.2, -0.15) is 13.2 Å². The van der Waals surface area contributed by atoms with Crippen LogP contribution in [0.25, 0.3) is 0 Å². The van der Waals surface area contributed by atoms with Crippen molar-refractivity contribution in [2.24, 2.45) is 0 Å². The minimum atomic E-state index is -4.58. The fraction of sp³-hybridized carbons (Fsp3) is 0.300. The third-order valence-corrected chi connectivity index (χ3v) is 2.48. The van der Waals surface area contributed by atoms with Gasteiger partial charge in [0.15, 0.2) is 0 Å². The third kappa shape index (κ3) is 2.96. The first kappa shape index (κ1) is 12.0. The molecule has 1 nitrogen and oxygen atoms in total. The van der Waals surface area contributed by atoms with Gasteiger partial charge in [0, 0.05) is 0 Å². The Balaban J connectivity index is 2.95. The van der Waals surface area contributed by atoms with E-state index < -0.39 is 17.5 Å². The lowest BCUT2D eigenvalue weighted by Gasteiger charge is -2.19. The van der Waals surface area contributed by atoms with Crippen molar-refractivity contribution in [2.75, 3.05) is 0 Å². The van der Waals surface area contributed by atoms with Crippen molar-refractivity contribution >= 4 is 17.9 Å². The number of aldehydes is 1. The van der Waals surface area contributed by atoms with Crippen LogP contribution in [0.3, 0.4) is 0 Å². The fourth-order valence-corrected chi connectivity index (χ4v) is 1.40. The number of hydrogen-bond donors (Lipinski definition) is 0. The number of hydrogen-bond acceptors (Lipinski definition) is 1. The molecule has 0 radical (unpaired) electrons. The molecular weight excluding hydrogens is 229 g/mol. The Hall–Kier alpha value is -1.03. The van der Waals surface area contributed by atoms with Gasteiger partial charge in [-0.15, -0.1) is 11.6 Å². The Morgan fingerprint density at radius 2 is 1.73 bits per heavy atom. The molecular formula is C10H8ClF3O. The van der Waals surface area contributed by atoms with Gasteiger partial charge in [0.1, 0.15) is 11.7 Å². The zero-order valence-corrected chi connectivity index (χ0v) is 8.29. The molecule has 0 aliphatic heterocycles. The first-order valence-corrected chi connectivity index (χ1v) is 4.61. The van der Waals surface area contributed by atoms with Crippen molar-refractivity contribution < 1.29 is 18.0 Å². The minimum Gasteiger partial charge on any atom is -0.303 e. The Bertz CT molecular complexity index is 323. The molecule has 2 atom stereocenters. The highest BCUT2D eigenvalue weighted by Crippen LogP contribution is 2.34. The van der Waals surface area contributed by atoms with Crippen LogP contribution in [0.5, 0.6) is 0 Å². The number of rotatable bonds is 3. The topological polar surface area (TPSA) is 17.1 Å². The summed E-state index contributed by atoms with van der Waals surface area (Å²) >= 11 is 5.20. The number of carbonyl (C=O) groups is 1. The standard InChI is InChI=1S/C10H8ClF3O/c11-9(10(12,13)14)8(6-15)7-4-2-1-3-5-7/h1-6,8-9H/t8-,9+/m0/s1. The van der Waals surface area contributed by atoms with Crippen LogP contribution in [0, 0.1) is 0 Å². The molecule has 1 aromatic rings. The SMILES string of the molecule is O=C[C@@H](c1ccccc1)[C@@H](Cl)C(F)(F)F. The van der Waals surface area contributed by atoms with E-state index in [-0.39, 0.29) is 11.8 Å². The zero-order valence-electron chi connectivity index (χ0n) is 7.54. The van der Waals surface area contributed by atoms with Gasteiger partial charge >= 0.3 is 6.18 Å². The van der Waals surface area contributed by atoms with Gasteiger partial charge in [-0.25, -0.2) is 0 Å². The molecule has 5 heteroatoms. The van der Waals surface area contributed by atoms with Gasteiger partial charge in [0.2, 0.25) is 0 Å². The Labute approximate surface area is 89.9 Å². The van der Waals surface area contributed by atoms with Crippen LogP contribution in [0.1, 0.15) is 11.5 Å². The summed E-state index contributed by atoms with van der Waals surface area (Å²) < 4.78 is 36.8. The van der Waals surface area contributed by atoms with Crippen LogP contribution in [-0.2, 0) is 4.79 Å². The molecule has 0 saturated heterocycles. The lowest BCUT2D eigenvalue weighted by molar-refractivity contribution is -0.139. The summed E-state index contributed by atoms with van der Waals surface area (Å²) in [5.41, 5.74) is 0.268. The number of halogens is 4. The molecule has 0 N–H and O–H groups in total. The Morgan fingerprint density at radius 1 is 1.20 bits per heavy atom. The van der Waals surface area contributed by atoms with Gasteiger partial charge in [0.05, 0.1) is 5.92 Å². The molecule has 0 saturated carbocycles. The van der Waals surface area contributed by atoms with E-state index in [2.05, 4.69) is 0 Å². The molecule has 15 heavy (non-hydrogen) atoms. The quantitative estimate of drug-likeness (QED) is 0.582. The maximum Gasteiger partial charge on any atom is 0.405 e. The molecule has 0 aromatic heterocycles. The van der Waals surface area contributed by atoms with Crippen molar-refractivity contribution in [1.29, 1.82) is 0 Å². The van der Waals surface area contributed by atoms with E-state index in [1.165, 1.54) is 12.1 Å². The highest BCUT2D eigenvalue weighted by molar-refractivity contribution is 6.22. The smallest absolute Gasteiger partial charge is 0.303 e. The van der Waals surface area contributed by atoms with Gasteiger partial charge in [-0.3, -0.25) is 0 Å². The molecule has 82 valence electrons. The minimum absolute atomic E-state index is 0.223. The fourth-order valence-electron chi connectivity index (χ4n) is 1.20. The molecule has 0 bridgehead atoms. The maximum absolute atomic E-state index is 12.3. The first-order valence-electron chi connectivity index (χ1n) is 4.18. The van der Waals surface area contributed by atoms with Gasteiger partial charge in [-0.05, 0) is 5.56 Å². The highest BCUT2D eigenvalue weighted by atomic mass is 35.5. The number of alkyl halides is 4. The average Bonchev–Trinajstić information content (AvgIpc) is 2.19. The Kier molecular flexibility index (Phi) is 3.74. The normalized spacial score (nSPS) is 15.7. The summed E-state index contributed by atoms with van der Waals surface area (Å²) in [6, 6.07) is 7.67. The predicted molar refractivity (Wildman–Crippen MR) is 50.9 cm³/mol. The average molecular weight is 237 g/mol. The predicted octanol–water partition coefficient (Wildman–Crippen LogP) is 3.14. The van der Waals surface area contributed by atoms with Crippen LogP contribution in [0.2, 0.25) is 0 Å². The highest BCUT2D eigenvalue weighted by Gasteiger charge is 2.43. The molecule has 0 heterocycles. The van der Waals surface area contributed by atoms with E-state index in [9.17, 15) is 18.0 Å². The molecule has 0 unspecified atom stereocenters. The summed E-state index contributed by atoms with van der Waals surface area (Å²) in [4.78, 5) is 10.6. The largest absolute Gasteiger partial charge is 0.405 e. The summed E-state index contributed by atoms with van der Waals surface area (Å²) in [6.07, 6.45) is -4.36. The summed E-state index contributed by atoms with van der Waals surface area (Å²) in [7, 11) is 0. The van der Waals surface area contributed by atoms with Crippen LogP contribution in [0.15, 0.2) is 30.3 Å². The second-order valence-corrected chi connectivity index (χ2v) is 3.49. The molecule has 0 aliphatic carbocycles. The molecule has 0 aliphatic rings. The lowest BCUT2D eigenvalue weighted by Crippen LogP contribution is -2.30. The van der Waals surface area contributed by atoms with Crippen molar-refractivity contribution in [3.63, 3.8) is 0 Å². The second kappa shape index (κ2) is 4.66. The van der Waals surface area contributed by atoms with Crippen molar-refractivity contribution in [3.8, 4) is 0 Å². The molecule has 1 rings (SSSR count). The van der Waals surface area contributed by atoms with Gasteiger partial charge in [-0.1, -0.05) is 30.3 Å². The lowest BCUT2D eigenvalue weighted by atomic mass is 9.97.